The van der Waals surface area contributed by atoms with Gasteiger partial charge in [-0.3, -0.25) is 9.59 Å². The summed E-state index contributed by atoms with van der Waals surface area (Å²) < 4.78 is 32.1. The number of aliphatic hydroxyl groups excluding tert-OH is 1. The summed E-state index contributed by atoms with van der Waals surface area (Å²) in [5, 5.41) is 22.6. The molecule has 43 heavy (non-hydrogen) atoms. The van der Waals surface area contributed by atoms with E-state index in [1.165, 1.54) is 48.2 Å². The number of hydrogen-bond acceptors (Lipinski definition) is 7. The minimum Gasteiger partial charge on any atom is -0.480 e. The molecule has 230 valence electrons. The van der Waals surface area contributed by atoms with E-state index in [9.17, 15) is 27.9 Å². The Balaban J connectivity index is 1.75. The molecular weight excluding hydrogens is 596 g/mol. The number of carboxylic acid groups (broad SMARTS) is 1. The van der Waals surface area contributed by atoms with Crippen molar-refractivity contribution in [2.24, 2.45) is 0 Å². The van der Waals surface area contributed by atoms with Crippen molar-refractivity contribution in [2.45, 2.75) is 61.7 Å². The topological polar surface area (TPSA) is 150 Å². The van der Waals surface area contributed by atoms with E-state index in [-0.39, 0.29) is 28.4 Å². The van der Waals surface area contributed by atoms with Crippen LogP contribution in [0.15, 0.2) is 82.6 Å². The van der Waals surface area contributed by atoms with E-state index in [2.05, 4.69) is 5.32 Å². The summed E-state index contributed by atoms with van der Waals surface area (Å²) in [5.74, 6) is -1.93. The molecule has 0 aliphatic heterocycles. The number of hydrogen-bond donors (Lipinski definition) is 3. The van der Waals surface area contributed by atoms with Crippen molar-refractivity contribution in [3.05, 3.63) is 94.5 Å². The lowest BCUT2D eigenvalue weighted by Gasteiger charge is -2.29. The van der Waals surface area contributed by atoms with Crippen LogP contribution in [0.2, 0.25) is 5.02 Å². The van der Waals surface area contributed by atoms with Crippen LogP contribution < -0.4 is 5.32 Å². The number of carboxylic acids is 1. The van der Waals surface area contributed by atoms with Gasteiger partial charge in [0.1, 0.15) is 11.6 Å². The van der Waals surface area contributed by atoms with Crippen molar-refractivity contribution in [2.75, 3.05) is 13.1 Å². The fourth-order valence-electron chi connectivity index (χ4n) is 3.99. The lowest BCUT2D eigenvalue weighted by Crippen LogP contribution is -2.40. The molecule has 0 bridgehead atoms. The van der Waals surface area contributed by atoms with Gasteiger partial charge in [-0.05, 0) is 87.7 Å². The Hall–Kier alpha value is -3.93. The van der Waals surface area contributed by atoms with Gasteiger partial charge in [-0.2, -0.15) is 0 Å². The zero-order valence-electron chi connectivity index (χ0n) is 24.3. The molecular formula is C31H35ClN2O8S. The van der Waals surface area contributed by atoms with E-state index in [0.717, 1.165) is 5.56 Å². The van der Waals surface area contributed by atoms with Crippen molar-refractivity contribution >= 4 is 39.4 Å². The Bertz CT molecular complexity index is 1570. The largest absolute Gasteiger partial charge is 0.480 e. The first-order chi connectivity index (χ1) is 20.1. The van der Waals surface area contributed by atoms with Crippen molar-refractivity contribution in [1.29, 1.82) is 0 Å². The number of nitrogens with one attached hydrogen (secondary N) is 1. The molecule has 2 atom stereocenters. The average Bonchev–Trinajstić information content (AvgIpc) is 2.94. The molecule has 3 aromatic rings. The molecule has 0 saturated heterocycles. The molecule has 12 heteroatoms. The lowest BCUT2D eigenvalue weighted by molar-refractivity contribution is -0.138. The van der Waals surface area contributed by atoms with Crippen LogP contribution in [0, 0.1) is 0 Å². The van der Waals surface area contributed by atoms with Crippen LogP contribution >= 0.6 is 11.6 Å². The van der Waals surface area contributed by atoms with E-state index in [4.69, 9.17) is 21.4 Å². The van der Waals surface area contributed by atoms with Crippen LogP contribution in [-0.2, 0) is 25.8 Å². The summed E-state index contributed by atoms with van der Waals surface area (Å²) in [4.78, 5) is 37.7. The van der Waals surface area contributed by atoms with E-state index in [1.54, 1.807) is 57.2 Å². The minimum atomic E-state index is -4.00. The number of carbonyl (C=O) groups excluding carboxylic acids is 2. The lowest BCUT2D eigenvalue weighted by atomic mass is 10.1. The number of benzene rings is 3. The predicted molar refractivity (Wildman–Crippen MR) is 161 cm³/mol. The van der Waals surface area contributed by atoms with Crippen molar-refractivity contribution in [1.82, 2.24) is 10.2 Å². The van der Waals surface area contributed by atoms with Gasteiger partial charge in [-0.1, -0.05) is 41.9 Å². The number of aliphatic carboxylic acids is 1. The van der Waals surface area contributed by atoms with Gasteiger partial charge in [0, 0.05) is 17.1 Å². The van der Waals surface area contributed by atoms with Crippen LogP contribution in [-0.4, -0.2) is 66.2 Å². The van der Waals surface area contributed by atoms with Crippen LogP contribution in [0.1, 0.15) is 55.3 Å². The molecule has 3 aromatic carbocycles. The highest BCUT2D eigenvalue weighted by molar-refractivity contribution is 7.91. The van der Waals surface area contributed by atoms with E-state index in [1.807, 2.05) is 0 Å². The fourth-order valence-corrected chi connectivity index (χ4v) is 5.50. The SMILES string of the molecule is C[C@@H](NC(=O)c1cccc(S(=O)(=O)c2ccc(CCN(C[C@H](O)c3cccc(Cl)c3)C(=O)OC(C)(C)C)cc2)c1)C(=O)O. The Morgan fingerprint density at radius 2 is 1.63 bits per heavy atom. The number of sulfone groups is 1. The van der Waals surface area contributed by atoms with Crippen LogP contribution in [0.4, 0.5) is 4.79 Å². The maximum absolute atomic E-state index is 13.3. The van der Waals surface area contributed by atoms with Gasteiger partial charge in [-0.25, -0.2) is 13.2 Å². The summed E-state index contributed by atoms with van der Waals surface area (Å²) in [6.45, 7) is 6.68. The highest BCUT2D eigenvalue weighted by Crippen LogP contribution is 2.24. The number of aliphatic hydroxyl groups is 1. The van der Waals surface area contributed by atoms with Gasteiger partial charge in [0.25, 0.3) is 5.91 Å². The van der Waals surface area contributed by atoms with Gasteiger partial charge in [0.2, 0.25) is 9.84 Å². The zero-order valence-corrected chi connectivity index (χ0v) is 25.9. The Morgan fingerprint density at radius 3 is 2.23 bits per heavy atom. The summed E-state index contributed by atoms with van der Waals surface area (Å²) in [6, 6.07) is 17.0. The third kappa shape index (κ3) is 9.54. The molecule has 0 spiro atoms. The van der Waals surface area contributed by atoms with Crippen molar-refractivity contribution in [3.63, 3.8) is 0 Å². The van der Waals surface area contributed by atoms with Crippen LogP contribution in [0.25, 0.3) is 0 Å². The quantitative estimate of drug-likeness (QED) is 0.271. The highest BCUT2D eigenvalue weighted by atomic mass is 35.5. The first kappa shape index (κ1) is 33.6. The van der Waals surface area contributed by atoms with Gasteiger partial charge in [-0.15, -0.1) is 0 Å². The molecule has 0 aliphatic carbocycles. The molecule has 3 N–H and O–H groups in total. The summed E-state index contributed by atoms with van der Waals surface area (Å²) in [7, 11) is -4.00. The first-order valence-electron chi connectivity index (χ1n) is 13.5. The molecule has 3 rings (SSSR count). The summed E-state index contributed by atoms with van der Waals surface area (Å²) in [5.41, 5.74) is 0.542. The van der Waals surface area contributed by atoms with Crippen molar-refractivity contribution < 1.29 is 37.8 Å². The third-order valence-corrected chi connectivity index (χ3v) is 8.31. The molecule has 0 fully saturated rings. The molecule has 0 heterocycles. The Morgan fingerprint density at radius 1 is 0.977 bits per heavy atom. The zero-order chi connectivity index (χ0) is 31.9. The first-order valence-corrected chi connectivity index (χ1v) is 15.3. The normalized spacial score (nSPS) is 13.1. The van der Waals surface area contributed by atoms with E-state index >= 15 is 0 Å². The monoisotopic (exact) mass is 630 g/mol. The van der Waals surface area contributed by atoms with Crippen LogP contribution in [0.5, 0.6) is 0 Å². The number of carbonyl (C=O) groups is 3. The summed E-state index contributed by atoms with van der Waals surface area (Å²) in [6.07, 6.45) is -1.27. The molecule has 0 radical (unpaired) electrons. The Labute approximate surface area is 256 Å². The number of ether oxygens (including phenoxy) is 1. The molecule has 2 amide bonds. The van der Waals surface area contributed by atoms with E-state index < -0.39 is 45.6 Å². The molecule has 0 saturated carbocycles. The van der Waals surface area contributed by atoms with E-state index in [0.29, 0.717) is 17.0 Å². The second-order valence-electron chi connectivity index (χ2n) is 11.0. The average molecular weight is 631 g/mol. The molecule has 0 unspecified atom stereocenters. The maximum atomic E-state index is 13.3. The smallest absolute Gasteiger partial charge is 0.410 e. The van der Waals surface area contributed by atoms with Gasteiger partial charge >= 0.3 is 12.1 Å². The molecule has 0 aliphatic rings. The summed E-state index contributed by atoms with van der Waals surface area (Å²) >= 11 is 6.05. The maximum Gasteiger partial charge on any atom is 0.410 e. The second kappa shape index (κ2) is 14.0. The predicted octanol–water partition coefficient (Wildman–Crippen LogP) is 4.89. The number of rotatable bonds is 11. The van der Waals surface area contributed by atoms with Gasteiger partial charge in [0.15, 0.2) is 0 Å². The highest BCUT2D eigenvalue weighted by Gasteiger charge is 2.25. The van der Waals surface area contributed by atoms with Crippen LogP contribution in [0.3, 0.4) is 0 Å². The number of halogens is 1. The van der Waals surface area contributed by atoms with Gasteiger partial charge in [0.05, 0.1) is 22.4 Å². The molecule has 10 nitrogen and oxygen atoms in total. The second-order valence-corrected chi connectivity index (χ2v) is 13.3. The third-order valence-electron chi connectivity index (χ3n) is 6.31. The molecule has 0 aromatic heterocycles. The fraction of sp³-hybridized carbons (Fsp3) is 0.323. The minimum absolute atomic E-state index is 0.00640. The number of amides is 2. The van der Waals surface area contributed by atoms with Crippen molar-refractivity contribution in [3.8, 4) is 0 Å². The number of nitrogens with zero attached hydrogens (tertiary/aromatic N) is 1. The standard InChI is InChI=1S/C31H35ClN2O8S/c1-20(29(37)38)33-28(36)23-8-6-10-26(18-23)43(40,41)25-13-11-21(12-14-25)15-16-34(30(39)42-31(2,3)4)19-27(35)22-7-5-9-24(32)17-22/h5-14,17-18,20,27,35H,15-16,19H2,1-4H3,(H,33,36)(H,37,38)/t20-,27+/m1/s1. The van der Waals surface area contributed by atoms with Gasteiger partial charge < -0.3 is 25.2 Å². The Kier molecular flexibility index (Phi) is 11.0.